The molecule has 0 aliphatic carbocycles. The van der Waals surface area contributed by atoms with Crippen molar-refractivity contribution in [2.45, 2.75) is 6.61 Å². The number of carbonyl (C=O) groups excluding carboxylic acids is 2. The number of hydrogen-bond donors (Lipinski definition) is 2. The molecule has 0 spiro atoms. The maximum Gasteiger partial charge on any atom is 0.326 e. The van der Waals surface area contributed by atoms with Crippen LogP contribution in [-0.4, -0.2) is 11.9 Å². The molecule has 2 N–H and O–H groups in total. The maximum absolute atomic E-state index is 13.6. The van der Waals surface area contributed by atoms with Gasteiger partial charge >= 0.3 is 6.03 Å². The largest absolute Gasteiger partial charge is 0.489 e. The molecule has 0 aromatic heterocycles. The normalized spacial score (nSPS) is 10.2. The lowest BCUT2D eigenvalue weighted by atomic mass is 10.2. The smallest absolute Gasteiger partial charge is 0.326 e. The Bertz CT molecular complexity index is 956. The summed E-state index contributed by atoms with van der Waals surface area (Å²) in [7, 11) is 0. The Morgan fingerprint density at radius 2 is 1.46 bits per heavy atom. The van der Waals surface area contributed by atoms with Crippen LogP contribution in [0, 0.1) is 11.6 Å². The van der Waals surface area contributed by atoms with E-state index in [9.17, 15) is 18.4 Å². The fourth-order valence-corrected chi connectivity index (χ4v) is 2.42. The van der Waals surface area contributed by atoms with E-state index in [4.69, 9.17) is 4.74 Å². The van der Waals surface area contributed by atoms with Crippen molar-refractivity contribution in [1.82, 2.24) is 5.32 Å². The molecule has 0 atom stereocenters. The van der Waals surface area contributed by atoms with E-state index in [1.54, 1.807) is 24.3 Å². The molecule has 0 unspecified atom stereocenters. The summed E-state index contributed by atoms with van der Waals surface area (Å²) in [6, 6.07) is 18.2. The molecule has 0 heterocycles. The summed E-state index contributed by atoms with van der Waals surface area (Å²) in [5.74, 6) is -2.68. The van der Waals surface area contributed by atoms with Crippen molar-refractivity contribution >= 4 is 17.6 Å². The standard InChI is InChI=1S/C21H16F2N2O3/c22-17-7-4-8-18(23)19(17)20(26)25-21(27)24-15-9-11-16(12-10-15)28-13-14-5-2-1-3-6-14/h1-12H,13H2,(H2,24,25,26,27). The molecule has 0 fully saturated rings. The van der Waals surface area contributed by atoms with Gasteiger partial charge in [-0.15, -0.1) is 0 Å². The van der Waals surface area contributed by atoms with Crippen LogP contribution in [0.4, 0.5) is 19.3 Å². The molecule has 3 aromatic rings. The molecule has 3 amide bonds. The number of urea groups is 1. The van der Waals surface area contributed by atoms with Crippen LogP contribution in [0.25, 0.3) is 0 Å². The summed E-state index contributed by atoms with van der Waals surface area (Å²) >= 11 is 0. The highest BCUT2D eigenvalue weighted by Crippen LogP contribution is 2.17. The Hall–Kier alpha value is -3.74. The van der Waals surface area contributed by atoms with Crippen LogP contribution in [0.2, 0.25) is 0 Å². The van der Waals surface area contributed by atoms with Crippen molar-refractivity contribution < 1.29 is 23.1 Å². The number of anilines is 1. The summed E-state index contributed by atoms with van der Waals surface area (Å²) < 4.78 is 32.8. The van der Waals surface area contributed by atoms with Gasteiger partial charge in [0.2, 0.25) is 0 Å². The molecule has 7 heteroatoms. The second-order valence-electron chi connectivity index (χ2n) is 5.80. The highest BCUT2D eigenvalue weighted by atomic mass is 19.1. The van der Waals surface area contributed by atoms with Gasteiger partial charge in [0.15, 0.2) is 0 Å². The van der Waals surface area contributed by atoms with E-state index in [2.05, 4.69) is 5.32 Å². The number of imide groups is 1. The van der Waals surface area contributed by atoms with E-state index < -0.39 is 29.1 Å². The Morgan fingerprint density at radius 1 is 0.821 bits per heavy atom. The molecule has 0 bridgehead atoms. The number of carbonyl (C=O) groups is 2. The SMILES string of the molecule is O=C(NC(=O)c1c(F)cccc1F)Nc1ccc(OCc2ccccc2)cc1. The lowest BCUT2D eigenvalue weighted by Crippen LogP contribution is -2.35. The van der Waals surface area contributed by atoms with Gasteiger partial charge < -0.3 is 10.1 Å². The van der Waals surface area contributed by atoms with Gasteiger partial charge in [-0.1, -0.05) is 36.4 Å². The molecule has 3 rings (SSSR count). The number of hydrogen-bond acceptors (Lipinski definition) is 3. The van der Waals surface area contributed by atoms with Crippen LogP contribution in [0.3, 0.4) is 0 Å². The van der Waals surface area contributed by atoms with E-state index in [1.807, 2.05) is 35.6 Å². The van der Waals surface area contributed by atoms with Gasteiger partial charge in [0.1, 0.15) is 29.6 Å². The number of rotatable bonds is 5. The van der Waals surface area contributed by atoms with Crippen LogP contribution in [0.1, 0.15) is 15.9 Å². The monoisotopic (exact) mass is 382 g/mol. The van der Waals surface area contributed by atoms with Gasteiger partial charge in [-0.05, 0) is 42.0 Å². The third-order valence-corrected chi connectivity index (χ3v) is 3.78. The van der Waals surface area contributed by atoms with Crippen LogP contribution in [0.5, 0.6) is 5.75 Å². The maximum atomic E-state index is 13.6. The molecule has 5 nitrogen and oxygen atoms in total. The third-order valence-electron chi connectivity index (χ3n) is 3.78. The molecule has 0 saturated carbocycles. The van der Waals surface area contributed by atoms with Crippen molar-refractivity contribution in [1.29, 1.82) is 0 Å². The van der Waals surface area contributed by atoms with Gasteiger partial charge in [-0.2, -0.15) is 0 Å². The minimum absolute atomic E-state index is 0.381. The van der Waals surface area contributed by atoms with Gasteiger partial charge in [-0.3, -0.25) is 10.1 Å². The molecule has 3 aromatic carbocycles. The second kappa shape index (κ2) is 8.77. The minimum atomic E-state index is -1.17. The van der Waals surface area contributed by atoms with Crippen molar-refractivity contribution in [3.05, 3.63) is 95.6 Å². The average molecular weight is 382 g/mol. The second-order valence-corrected chi connectivity index (χ2v) is 5.80. The van der Waals surface area contributed by atoms with Crippen LogP contribution in [-0.2, 0) is 6.61 Å². The van der Waals surface area contributed by atoms with Crippen molar-refractivity contribution in [3.8, 4) is 5.75 Å². The van der Waals surface area contributed by atoms with Gasteiger partial charge in [0.25, 0.3) is 5.91 Å². The van der Waals surface area contributed by atoms with Gasteiger partial charge in [0.05, 0.1) is 0 Å². The van der Waals surface area contributed by atoms with Crippen molar-refractivity contribution in [2.75, 3.05) is 5.32 Å². The zero-order valence-corrected chi connectivity index (χ0v) is 14.6. The Kier molecular flexibility index (Phi) is 5.96. The molecule has 0 radical (unpaired) electrons. The van der Waals surface area contributed by atoms with E-state index >= 15 is 0 Å². The summed E-state index contributed by atoms with van der Waals surface area (Å²) in [5.41, 5.74) is 0.580. The Labute approximate surface area is 160 Å². The van der Waals surface area contributed by atoms with E-state index in [0.29, 0.717) is 18.0 Å². The molecular weight excluding hydrogens is 366 g/mol. The van der Waals surface area contributed by atoms with Gasteiger partial charge in [-0.25, -0.2) is 13.6 Å². The topological polar surface area (TPSA) is 67.4 Å². The minimum Gasteiger partial charge on any atom is -0.489 e. The fraction of sp³-hybridized carbons (Fsp3) is 0.0476. The third kappa shape index (κ3) is 4.91. The first kappa shape index (κ1) is 19.0. The molecule has 0 aliphatic heterocycles. The van der Waals surface area contributed by atoms with Crippen molar-refractivity contribution in [2.24, 2.45) is 0 Å². The number of ether oxygens (including phenoxy) is 1. The highest BCUT2D eigenvalue weighted by molar-refractivity contribution is 6.08. The van der Waals surface area contributed by atoms with E-state index in [1.165, 1.54) is 0 Å². The highest BCUT2D eigenvalue weighted by Gasteiger charge is 2.19. The first-order valence-corrected chi connectivity index (χ1v) is 8.36. The number of halogens is 2. The zero-order valence-electron chi connectivity index (χ0n) is 14.6. The molecular formula is C21H16F2N2O3. The van der Waals surface area contributed by atoms with Crippen molar-refractivity contribution in [3.63, 3.8) is 0 Å². The van der Waals surface area contributed by atoms with E-state index in [-0.39, 0.29) is 0 Å². The Balaban J connectivity index is 1.55. The summed E-state index contributed by atoms with van der Waals surface area (Å²) in [6.45, 7) is 0.400. The first-order valence-electron chi connectivity index (χ1n) is 8.36. The predicted octanol–water partition coefficient (Wildman–Crippen LogP) is 4.51. The number of benzene rings is 3. The molecule has 142 valence electrons. The summed E-state index contributed by atoms with van der Waals surface area (Å²) in [5, 5.41) is 4.30. The zero-order chi connectivity index (χ0) is 19.9. The fourth-order valence-electron chi connectivity index (χ4n) is 2.42. The lowest BCUT2D eigenvalue weighted by molar-refractivity contribution is 0.0959. The quantitative estimate of drug-likeness (QED) is 0.683. The summed E-state index contributed by atoms with van der Waals surface area (Å²) in [4.78, 5) is 23.8. The molecule has 28 heavy (non-hydrogen) atoms. The first-order chi connectivity index (χ1) is 13.5. The van der Waals surface area contributed by atoms with E-state index in [0.717, 1.165) is 23.8 Å². The lowest BCUT2D eigenvalue weighted by Gasteiger charge is -2.09. The molecule has 0 saturated heterocycles. The van der Waals surface area contributed by atoms with Crippen LogP contribution >= 0.6 is 0 Å². The number of amides is 3. The Morgan fingerprint density at radius 3 is 2.11 bits per heavy atom. The number of nitrogens with one attached hydrogen (secondary N) is 2. The van der Waals surface area contributed by atoms with Gasteiger partial charge in [0, 0.05) is 5.69 Å². The van der Waals surface area contributed by atoms with Crippen LogP contribution < -0.4 is 15.4 Å². The average Bonchev–Trinajstić information content (AvgIpc) is 2.68. The molecule has 0 aliphatic rings. The predicted molar refractivity (Wildman–Crippen MR) is 100 cm³/mol. The van der Waals surface area contributed by atoms with Crippen LogP contribution in [0.15, 0.2) is 72.8 Å². The summed E-state index contributed by atoms with van der Waals surface area (Å²) in [6.07, 6.45) is 0.